The first kappa shape index (κ1) is 16.8. The molecule has 5 heteroatoms. The number of aromatic hydroxyl groups is 1. The lowest BCUT2D eigenvalue weighted by Crippen LogP contribution is -2.46. The standard InChI is InChI=1S/C21H24N2O3/c24-20-18-9-4-5-10-19(18)26-21(20)25-16-6-11-22-12-14-23(15-13-22)17-7-2-1-3-8-17/h1-5,7-10,24H,6,11-16H2. The predicted octanol–water partition coefficient (Wildman–Crippen LogP) is 3.73. The Morgan fingerprint density at radius 3 is 2.42 bits per heavy atom. The molecule has 0 radical (unpaired) electrons. The number of para-hydroxylation sites is 2. The molecule has 2 heterocycles. The second kappa shape index (κ2) is 7.70. The third-order valence-electron chi connectivity index (χ3n) is 4.88. The van der Waals surface area contributed by atoms with Crippen LogP contribution in [-0.2, 0) is 0 Å². The van der Waals surface area contributed by atoms with Gasteiger partial charge in [-0.15, -0.1) is 0 Å². The fourth-order valence-electron chi connectivity index (χ4n) is 3.43. The minimum absolute atomic E-state index is 0.0945. The van der Waals surface area contributed by atoms with E-state index in [2.05, 4.69) is 40.1 Å². The van der Waals surface area contributed by atoms with Crippen molar-refractivity contribution in [2.24, 2.45) is 0 Å². The Morgan fingerprint density at radius 2 is 1.65 bits per heavy atom. The zero-order valence-electron chi connectivity index (χ0n) is 14.8. The van der Waals surface area contributed by atoms with Crippen molar-refractivity contribution in [3.8, 4) is 11.7 Å². The average molecular weight is 352 g/mol. The van der Waals surface area contributed by atoms with Crippen molar-refractivity contribution >= 4 is 16.7 Å². The molecule has 2 aromatic carbocycles. The molecule has 26 heavy (non-hydrogen) atoms. The fraction of sp³-hybridized carbons (Fsp3) is 0.333. The summed E-state index contributed by atoms with van der Waals surface area (Å²) in [6.45, 7) is 5.75. The number of hydrogen-bond donors (Lipinski definition) is 1. The third kappa shape index (κ3) is 3.63. The van der Waals surface area contributed by atoms with E-state index in [-0.39, 0.29) is 11.7 Å². The molecule has 3 aromatic rings. The van der Waals surface area contributed by atoms with E-state index in [0.29, 0.717) is 17.6 Å². The molecule has 5 nitrogen and oxygen atoms in total. The van der Waals surface area contributed by atoms with E-state index in [1.54, 1.807) is 0 Å². The lowest BCUT2D eigenvalue weighted by Gasteiger charge is -2.36. The molecule has 0 spiro atoms. The maximum atomic E-state index is 10.1. The van der Waals surface area contributed by atoms with Gasteiger partial charge >= 0.3 is 5.95 Å². The second-order valence-corrected chi connectivity index (χ2v) is 6.60. The van der Waals surface area contributed by atoms with Gasteiger partial charge in [-0.25, -0.2) is 0 Å². The van der Waals surface area contributed by atoms with Crippen molar-refractivity contribution in [3.63, 3.8) is 0 Å². The molecule has 1 N–H and O–H groups in total. The largest absolute Gasteiger partial charge is 0.501 e. The number of rotatable bonds is 6. The Hall–Kier alpha value is -2.66. The zero-order valence-corrected chi connectivity index (χ0v) is 14.8. The Morgan fingerprint density at radius 1 is 0.923 bits per heavy atom. The number of furan rings is 1. The molecule has 0 unspecified atom stereocenters. The molecule has 136 valence electrons. The first-order chi connectivity index (χ1) is 12.8. The highest BCUT2D eigenvalue weighted by Crippen LogP contribution is 2.37. The van der Waals surface area contributed by atoms with Crippen molar-refractivity contribution in [2.75, 3.05) is 44.2 Å². The monoisotopic (exact) mass is 352 g/mol. The van der Waals surface area contributed by atoms with Crippen LogP contribution in [0.25, 0.3) is 11.0 Å². The van der Waals surface area contributed by atoms with Gasteiger partial charge in [-0.3, -0.25) is 4.90 Å². The second-order valence-electron chi connectivity index (χ2n) is 6.60. The summed E-state index contributed by atoms with van der Waals surface area (Å²) in [5.41, 5.74) is 1.95. The van der Waals surface area contributed by atoms with Crippen molar-refractivity contribution in [3.05, 3.63) is 54.6 Å². The number of ether oxygens (including phenoxy) is 1. The van der Waals surface area contributed by atoms with Crippen LogP contribution in [0.15, 0.2) is 59.0 Å². The van der Waals surface area contributed by atoms with Gasteiger partial charge in [0.05, 0.1) is 12.0 Å². The normalized spacial score (nSPS) is 15.5. The molecule has 4 rings (SSSR count). The van der Waals surface area contributed by atoms with E-state index in [9.17, 15) is 5.11 Å². The summed E-state index contributed by atoms with van der Waals surface area (Å²) in [5, 5.41) is 10.8. The average Bonchev–Trinajstić information content (AvgIpc) is 3.02. The van der Waals surface area contributed by atoms with Crippen LogP contribution < -0.4 is 9.64 Å². The molecular weight excluding hydrogens is 328 g/mol. The molecule has 1 aliphatic heterocycles. The minimum atomic E-state index is 0.0945. The van der Waals surface area contributed by atoms with Crippen molar-refractivity contribution in [1.82, 2.24) is 4.90 Å². The summed E-state index contributed by atoms with van der Waals surface area (Å²) in [5.74, 6) is 0.317. The van der Waals surface area contributed by atoms with E-state index in [1.165, 1.54) is 5.69 Å². The molecular formula is C21H24N2O3. The molecule has 1 fully saturated rings. The van der Waals surface area contributed by atoms with Crippen LogP contribution in [-0.4, -0.2) is 49.3 Å². The van der Waals surface area contributed by atoms with Gasteiger partial charge in [-0.2, -0.15) is 0 Å². The highest BCUT2D eigenvalue weighted by atomic mass is 16.6. The Kier molecular flexibility index (Phi) is 4.97. The SMILES string of the molecule is Oc1c(OCCCN2CCN(c3ccccc3)CC2)oc2ccccc12. The van der Waals surface area contributed by atoms with Crippen LogP contribution in [0, 0.1) is 0 Å². The summed E-state index contributed by atoms with van der Waals surface area (Å²) in [7, 11) is 0. The molecule has 0 atom stereocenters. The maximum Gasteiger partial charge on any atom is 0.329 e. The number of piperazine rings is 1. The van der Waals surface area contributed by atoms with Crippen LogP contribution in [0.3, 0.4) is 0 Å². The summed E-state index contributed by atoms with van der Waals surface area (Å²) < 4.78 is 11.2. The number of benzene rings is 2. The molecule has 1 saturated heterocycles. The van der Waals surface area contributed by atoms with Gasteiger partial charge in [-0.05, 0) is 30.7 Å². The third-order valence-corrected chi connectivity index (χ3v) is 4.88. The van der Waals surface area contributed by atoms with Crippen LogP contribution in [0.4, 0.5) is 5.69 Å². The lowest BCUT2D eigenvalue weighted by molar-refractivity contribution is 0.198. The Bertz CT molecular complexity index is 839. The lowest BCUT2D eigenvalue weighted by atomic mass is 10.2. The van der Waals surface area contributed by atoms with E-state index >= 15 is 0 Å². The number of hydrogen-bond acceptors (Lipinski definition) is 5. The van der Waals surface area contributed by atoms with Gasteiger partial charge in [0.25, 0.3) is 0 Å². The summed E-state index contributed by atoms with van der Waals surface area (Å²) in [6, 6.07) is 18.0. The molecule has 1 aromatic heterocycles. The Labute approximate surface area is 153 Å². The summed E-state index contributed by atoms with van der Waals surface area (Å²) in [6.07, 6.45) is 0.905. The predicted molar refractivity (Wildman–Crippen MR) is 103 cm³/mol. The van der Waals surface area contributed by atoms with E-state index in [1.807, 2.05) is 24.3 Å². The van der Waals surface area contributed by atoms with Crippen molar-refractivity contribution < 1.29 is 14.3 Å². The van der Waals surface area contributed by atoms with Crippen molar-refractivity contribution in [2.45, 2.75) is 6.42 Å². The van der Waals surface area contributed by atoms with Crippen molar-refractivity contribution in [1.29, 1.82) is 0 Å². The van der Waals surface area contributed by atoms with Gasteiger partial charge in [0.1, 0.15) is 5.58 Å². The highest BCUT2D eigenvalue weighted by molar-refractivity contribution is 5.86. The summed E-state index contributed by atoms with van der Waals surface area (Å²) in [4.78, 5) is 4.89. The Balaban J connectivity index is 1.21. The number of nitrogens with zero attached hydrogens (tertiary/aromatic N) is 2. The molecule has 1 aliphatic rings. The smallest absolute Gasteiger partial charge is 0.329 e. The van der Waals surface area contributed by atoms with Gasteiger partial charge < -0.3 is 19.2 Å². The molecule has 0 saturated carbocycles. The minimum Gasteiger partial charge on any atom is -0.501 e. The number of anilines is 1. The van der Waals surface area contributed by atoms with E-state index < -0.39 is 0 Å². The number of fused-ring (bicyclic) bond motifs is 1. The van der Waals surface area contributed by atoms with Crippen LogP contribution >= 0.6 is 0 Å². The molecule has 0 aliphatic carbocycles. The van der Waals surface area contributed by atoms with E-state index in [4.69, 9.17) is 9.15 Å². The van der Waals surface area contributed by atoms with Crippen LogP contribution in [0.1, 0.15) is 6.42 Å². The van der Waals surface area contributed by atoms with Gasteiger partial charge in [-0.1, -0.05) is 30.3 Å². The van der Waals surface area contributed by atoms with E-state index in [0.717, 1.165) is 39.1 Å². The highest BCUT2D eigenvalue weighted by Gasteiger charge is 2.17. The molecule has 0 amide bonds. The van der Waals surface area contributed by atoms with Crippen LogP contribution in [0.5, 0.6) is 11.7 Å². The van der Waals surface area contributed by atoms with Gasteiger partial charge in [0, 0.05) is 38.4 Å². The van der Waals surface area contributed by atoms with Crippen LogP contribution in [0.2, 0.25) is 0 Å². The maximum absolute atomic E-state index is 10.1. The van der Waals surface area contributed by atoms with Gasteiger partial charge in [0.2, 0.25) is 5.75 Å². The fourth-order valence-corrected chi connectivity index (χ4v) is 3.43. The summed E-state index contributed by atoms with van der Waals surface area (Å²) >= 11 is 0. The van der Waals surface area contributed by atoms with Gasteiger partial charge in [0.15, 0.2) is 0 Å². The molecule has 0 bridgehead atoms. The first-order valence-electron chi connectivity index (χ1n) is 9.17. The zero-order chi connectivity index (χ0) is 17.8. The topological polar surface area (TPSA) is 49.1 Å². The quantitative estimate of drug-likeness (QED) is 0.685. The first-order valence-corrected chi connectivity index (χ1v) is 9.17.